The Kier molecular flexibility index (Phi) is 3.63. The van der Waals surface area contributed by atoms with Crippen LogP contribution in [0.4, 0.5) is 0 Å². The number of nitrogens with zero attached hydrogens (tertiary/aromatic N) is 4. The van der Waals surface area contributed by atoms with Crippen molar-refractivity contribution in [2.24, 2.45) is 0 Å². The van der Waals surface area contributed by atoms with Crippen molar-refractivity contribution < 1.29 is 9.90 Å². The Labute approximate surface area is 106 Å². The van der Waals surface area contributed by atoms with E-state index in [9.17, 15) is 9.90 Å². The second-order valence-electron chi connectivity index (χ2n) is 5.50. The maximum absolute atomic E-state index is 11.3. The molecule has 2 rings (SSSR count). The third-order valence-corrected chi connectivity index (χ3v) is 3.77. The molecule has 0 amide bonds. The quantitative estimate of drug-likeness (QED) is 0.831. The fraction of sp³-hybridized carbons (Fsp3) is 0.833. The summed E-state index contributed by atoms with van der Waals surface area (Å²) in [4.78, 5) is 11.3. The first-order valence-corrected chi connectivity index (χ1v) is 6.55. The van der Waals surface area contributed by atoms with Crippen molar-refractivity contribution in [3.8, 4) is 0 Å². The van der Waals surface area contributed by atoms with Crippen LogP contribution in [-0.2, 0) is 10.3 Å². The monoisotopic (exact) mass is 252 g/mol. The van der Waals surface area contributed by atoms with Crippen LogP contribution in [0.25, 0.3) is 0 Å². The maximum Gasteiger partial charge on any atom is 0.331 e. The molecule has 6 heteroatoms. The number of carboxylic acid groups (broad SMARTS) is 1. The van der Waals surface area contributed by atoms with Crippen LogP contribution in [0.2, 0.25) is 0 Å². The molecule has 0 spiro atoms. The highest BCUT2D eigenvalue weighted by Gasteiger charge is 2.35. The van der Waals surface area contributed by atoms with Gasteiger partial charge in [0.25, 0.3) is 0 Å². The van der Waals surface area contributed by atoms with Crippen molar-refractivity contribution in [3.05, 3.63) is 5.82 Å². The zero-order valence-electron chi connectivity index (χ0n) is 11.0. The molecule has 0 unspecified atom stereocenters. The molecule has 1 saturated carbocycles. The summed E-state index contributed by atoms with van der Waals surface area (Å²) in [5.74, 6) is 0.107. The summed E-state index contributed by atoms with van der Waals surface area (Å²) >= 11 is 0. The van der Waals surface area contributed by atoms with Gasteiger partial charge in [0.1, 0.15) is 0 Å². The minimum atomic E-state index is -1.09. The first-order valence-electron chi connectivity index (χ1n) is 6.55. The zero-order valence-corrected chi connectivity index (χ0v) is 11.0. The second kappa shape index (κ2) is 5.04. The molecule has 0 aliphatic heterocycles. The van der Waals surface area contributed by atoms with Gasteiger partial charge in [0.15, 0.2) is 11.4 Å². The van der Waals surface area contributed by atoms with E-state index in [-0.39, 0.29) is 0 Å². The molecular weight excluding hydrogens is 232 g/mol. The largest absolute Gasteiger partial charge is 0.479 e. The molecule has 6 nitrogen and oxygen atoms in total. The molecular formula is C12H20N4O2. The summed E-state index contributed by atoms with van der Waals surface area (Å²) in [7, 11) is 0. The molecule has 0 radical (unpaired) electrons. The first kappa shape index (κ1) is 13.0. The minimum Gasteiger partial charge on any atom is -0.479 e. The summed E-state index contributed by atoms with van der Waals surface area (Å²) in [6.45, 7) is 3.26. The molecule has 0 atom stereocenters. The number of hydrogen-bond acceptors (Lipinski definition) is 4. The van der Waals surface area contributed by atoms with E-state index in [1.165, 1.54) is 30.4 Å². The number of tetrazole rings is 1. The van der Waals surface area contributed by atoms with Gasteiger partial charge in [-0.05, 0) is 37.1 Å². The molecule has 1 aliphatic rings. The molecule has 1 heterocycles. The Bertz CT molecular complexity index is 419. The number of carboxylic acids is 1. The SMILES string of the molecule is CC(C)(C(=O)O)n1nnnc1C1CCCCCC1. The fourth-order valence-corrected chi connectivity index (χ4v) is 2.47. The normalized spacial score (nSPS) is 18.6. The molecule has 1 aromatic rings. The molecule has 18 heavy (non-hydrogen) atoms. The molecule has 1 N–H and O–H groups in total. The highest BCUT2D eigenvalue weighted by molar-refractivity contribution is 5.75. The van der Waals surface area contributed by atoms with E-state index in [1.54, 1.807) is 13.8 Å². The van der Waals surface area contributed by atoms with Gasteiger partial charge in [-0.1, -0.05) is 25.7 Å². The van der Waals surface area contributed by atoms with Crippen molar-refractivity contribution in [2.45, 2.75) is 63.8 Å². The van der Waals surface area contributed by atoms with E-state index in [1.807, 2.05) is 0 Å². The van der Waals surface area contributed by atoms with Crippen molar-refractivity contribution in [3.63, 3.8) is 0 Å². The summed E-state index contributed by atoms with van der Waals surface area (Å²) < 4.78 is 1.48. The number of hydrogen-bond donors (Lipinski definition) is 1. The first-order chi connectivity index (χ1) is 8.53. The molecule has 1 fully saturated rings. The Hall–Kier alpha value is -1.46. The summed E-state index contributed by atoms with van der Waals surface area (Å²) in [6.07, 6.45) is 6.95. The Morgan fingerprint density at radius 1 is 1.28 bits per heavy atom. The van der Waals surface area contributed by atoms with Gasteiger partial charge in [0.2, 0.25) is 0 Å². The van der Waals surface area contributed by atoms with Gasteiger partial charge in [-0.3, -0.25) is 0 Å². The highest BCUT2D eigenvalue weighted by atomic mass is 16.4. The Morgan fingerprint density at radius 2 is 1.89 bits per heavy atom. The highest BCUT2D eigenvalue weighted by Crippen LogP contribution is 2.31. The van der Waals surface area contributed by atoms with Crippen molar-refractivity contribution in [1.82, 2.24) is 20.2 Å². The molecule has 0 saturated heterocycles. The van der Waals surface area contributed by atoms with Gasteiger partial charge < -0.3 is 5.11 Å². The Morgan fingerprint density at radius 3 is 2.44 bits per heavy atom. The lowest BCUT2D eigenvalue weighted by molar-refractivity contribution is -0.146. The van der Waals surface area contributed by atoms with Gasteiger partial charge in [-0.15, -0.1) is 5.10 Å². The predicted molar refractivity (Wildman–Crippen MR) is 65.2 cm³/mol. The number of rotatable bonds is 3. The third-order valence-electron chi connectivity index (χ3n) is 3.77. The van der Waals surface area contributed by atoms with Crippen molar-refractivity contribution in [2.75, 3.05) is 0 Å². The van der Waals surface area contributed by atoms with Crippen LogP contribution < -0.4 is 0 Å². The van der Waals surface area contributed by atoms with E-state index in [0.717, 1.165) is 18.7 Å². The van der Waals surface area contributed by atoms with Crippen LogP contribution >= 0.6 is 0 Å². The summed E-state index contributed by atoms with van der Waals surface area (Å²) in [5.41, 5.74) is -1.09. The minimum absolute atomic E-state index is 0.293. The maximum atomic E-state index is 11.3. The van der Waals surface area contributed by atoms with Crippen LogP contribution in [0.15, 0.2) is 0 Å². The van der Waals surface area contributed by atoms with Crippen molar-refractivity contribution >= 4 is 5.97 Å². The number of carbonyl (C=O) groups is 1. The smallest absolute Gasteiger partial charge is 0.331 e. The lowest BCUT2D eigenvalue weighted by Gasteiger charge is -2.23. The van der Waals surface area contributed by atoms with Crippen LogP contribution in [-0.4, -0.2) is 31.3 Å². The second-order valence-corrected chi connectivity index (χ2v) is 5.50. The van der Waals surface area contributed by atoms with Crippen LogP contribution in [0.3, 0.4) is 0 Å². The molecule has 0 aromatic carbocycles. The lowest BCUT2D eigenvalue weighted by atomic mass is 9.97. The summed E-state index contributed by atoms with van der Waals surface area (Å²) in [5, 5.41) is 20.9. The predicted octanol–water partition coefficient (Wildman–Crippen LogP) is 1.93. The fourth-order valence-electron chi connectivity index (χ4n) is 2.47. The topological polar surface area (TPSA) is 80.9 Å². The molecule has 1 aromatic heterocycles. The van der Waals surface area contributed by atoms with E-state index in [4.69, 9.17) is 0 Å². The van der Waals surface area contributed by atoms with Gasteiger partial charge in [0.05, 0.1) is 0 Å². The van der Waals surface area contributed by atoms with E-state index in [2.05, 4.69) is 15.5 Å². The zero-order chi connectivity index (χ0) is 13.2. The van der Waals surface area contributed by atoms with Gasteiger partial charge in [-0.2, -0.15) is 0 Å². The number of aromatic nitrogens is 4. The average molecular weight is 252 g/mol. The van der Waals surface area contributed by atoms with Gasteiger partial charge in [0, 0.05) is 5.92 Å². The van der Waals surface area contributed by atoms with Gasteiger partial charge >= 0.3 is 5.97 Å². The average Bonchev–Trinajstić information content (AvgIpc) is 2.66. The molecule has 0 bridgehead atoms. The lowest BCUT2D eigenvalue weighted by Crippen LogP contribution is -2.38. The van der Waals surface area contributed by atoms with E-state index < -0.39 is 11.5 Å². The van der Waals surface area contributed by atoms with Crippen LogP contribution in [0.5, 0.6) is 0 Å². The summed E-state index contributed by atoms with van der Waals surface area (Å²) in [6, 6.07) is 0. The van der Waals surface area contributed by atoms with Gasteiger partial charge in [-0.25, -0.2) is 9.48 Å². The van der Waals surface area contributed by atoms with E-state index in [0.29, 0.717) is 5.92 Å². The molecule has 100 valence electrons. The third kappa shape index (κ3) is 2.37. The standard InChI is InChI=1S/C12H20N4O2/c1-12(2,11(17)18)16-10(13-14-15-16)9-7-5-3-4-6-8-9/h9H,3-8H2,1-2H3,(H,17,18). The molecule has 1 aliphatic carbocycles. The van der Waals surface area contributed by atoms with Crippen LogP contribution in [0.1, 0.15) is 64.1 Å². The van der Waals surface area contributed by atoms with Crippen LogP contribution in [0, 0.1) is 0 Å². The Balaban J connectivity index is 2.29. The van der Waals surface area contributed by atoms with E-state index >= 15 is 0 Å². The number of aliphatic carboxylic acids is 1. The van der Waals surface area contributed by atoms with Crippen molar-refractivity contribution in [1.29, 1.82) is 0 Å².